The lowest BCUT2D eigenvalue weighted by Crippen LogP contribution is -2.37. The highest BCUT2D eigenvalue weighted by atomic mass is 35.5. The molecule has 3 heterocycles. The van der Waals surface area contributed by atoms with Crippen LogP contribution in [0.25, 0.3) is 0 Å². The average molecular weight is 479 g/mol. The van der Waals surface area contributed by atoms with Gasteiger partial charge in [0.25, 0.3) is 5.56 Å². The van der Waals surface area contributed by atoms with Crippen molar-refractivity contribution < 1.29 is 37.5 Å². The molecule has 168 valence electrons. The van der Waals surface area contributed by atoms with E-state index in [-0.39, 0.29) is 17.9 Å². The third-order valence-corrected chi connectivity index (χ3v) is 6.26. The Morgan fingerprint density at radius 1 is 1.42 bits per heavy atom. The number of phosphoric acid groups is 1. The molecule has 14 heteroatoms. The van der Waals surface area contributed by atoms with Gasteiger partial charge in [-0.1, -0.05) is 11.6 Å². The first-order valence-corrected chi connectivity index (χ1v) is 10.8. The van der Waals surface area contributed by atoms with Crippen molar-refractivity contribution in [2.45, 2.75) is 37.8 Å². The minimum atomic E-state index is -4.19. The zero-order valence-electron chi connectivity index (χ0n) is 15.7. The predicted molar refractivity (Wildman–Crippen MR) is 102 cm³/mol. The molecule has 1 saturated heterocycles. The van der Waals surface area contributed by atoms with Crippen LogP contribution in [0.1, 0.15) is 23.8 Å². The van der Waals surface area contributed by atoms with Crippen LogP contribution in [0.4, 0.5) is 4.39 Å². The van der Waals surface area contributed by atoms with E-state index in [1.165, 1.54) is 12.1 Å². The van der Waals surface area contributed by atoms with Crippen LogP contribution < -0.4 is 15.8 Å². The summed E-state index contributed by atoms with van der Waals surface area (Å²) in [7, 11) is -4.19. The monoisotopic (exact) mass is 478 g/mol. The number of nitrogens with one attached hydrogen (secondary N) is 1. The van der Waals surface area contributed by atoms with Gasteiger partial charge in [0.2, 0.25) is 5.85 Å². The Kier molecular flexibility index (Phi) is 5.81. The Morgan fingerprint density at radius 2 is 2.19 bits per heavy atom. The molecule has 1 aromatic carbocycles. The summed E-state index contributed by atoms with van der Waals surface area (Å²) in [5.41, 5.74) is -1.45. The van der Waals surface area contributed by atoms with Crippen molar-refractivity contribution in [3.8, 4) is 5.75 Å². The second-order valence-electron chi connectivity index (χ2n) is 6.98. The van der Waals surface area contributed by atoms with Gasteiger partial charge in [0.05, 0.1) is 18.8 Å². The van der Waals surface area contributed by atoms with Gasteiger partial charge in [-0.15, -0.1) is 0 Å². The van der Waals surface area contributed by atoms with Crippen LogP contribution >= 0.6 is 19.4 Å². The number of aromatic amines is 1. The fourth-order valence-corrected chi connectivity index (χ4v) is 4.65. The summed E-state index contributed by atoms with van der Waals surface area (Å²) in [5, 5.41) is 19.8. The Morgan fingerprint density at radius 3 is 2.94 bits per heavy atom. The quantitative estimate of drug-likeness (QED) is 0.541. The number of rotatable bonds is 5. The van der Waals surface area contributed by atoms with E-state index in [9.17, 15) is 24.4 Å². The number of fused-ring (bicyclic) bond motifs is 1. The molecule has 0 bridgehead atoms. The average Bonchev–Trinajstić information content (AvgIpc) is 3.02. The predicted octanol–water partition coefficient (Wildman–Crippen LogP) is 1.36. The fourth-order valence-electron chi connectivity index (χ4n) is 3.20. The zero-order chi connectivity index (χ0) is 22.4. The van der Waals surface area contributed by atoms with Gasteiger partial charge in [0.1, 0.15) is 18.5 Å². The Bertz CT molecular complexity index is 1170. The highest BCUT2D eigenvalue weighted by molar-refractivity contribution is 7.49. The number of hydrogen-bond donors (Lipinski definition) is 3. The van der Waals surface area contributed by atoms with Crippen LogP contribution in [-0.2, 0) is 31.6 Å². The van der Waals surface area contributed by atoms with Crippen molar-refractivity contribution in [3.63, 3.8) is 0 Å². The number of ether oxygens (including phenoxy) is 1. The molecule has 0 amide bonds. The molecule has 2 aliphatic rings. The summed E-state index contributed by atoms with van der Waals surface area (Å²) in [6, 6.07) is 4.53. The van der Waals surface area contributed by atoms with Crippen molar-refractivity contribution in [2.24, 2.45) is 0 Å². The van der Waals surface area contributed by atoms with Gasteiger partial charge in [0, 0.05) is 23.2 Å². The Hall–Kier alpha value is -2.05. The number of H-pyrrole nitrogens is 1. The van der Waals surface area contributed by atoms with E-state index in [1.54, 1.807) is 6.07 Å². The number of aliphatic hydroxyl groups is 2. The van der Waals surface area contributed by atoms with Gasteiger partial charge >= 0.3 is 13.5 Å². The molecular weight excluding hydrogens is 462 g/mol. The van der Waals surface area contributed by atoms with E-state index in [1.807, 2.05) is 4.98 Å². The number of aliphatic hydroxyl groups excluding tert-OH is 2. The lowest BCUT2D eigenvalue weighted by atomic mass is 10.2. The third kappa shape index (κ3) is 4.46. The summed E-state index contributed by atoms with van der Waals surface area (Å²) in [4.78, 5) is 25.5. The van der Waals surface area contributed by atoms with Gasteiger partial charge < -0.3 is 19.5 Å². The molecule has 0 spiro atoms. The summed E-state index contributed by atoms with van der Waals surface area (Å²) in [6.45, 7) is -1.77. The largest absolute Gasteiger partial charge is 0.530 e. The maximum atomic E-state index is 15.2. The second kappa shape index (κ2) is 8.14. The van der Waals surface area contributed by atoms with Crippen molar-refractivity contribution in [2.75, 3.05) is 6.61 Å². The first-order chi connectivity index (χ1) is 14.6. The molecule has 1 aromatic heterocycles. The van der Waals surface area contributed by atoms with Crippen LogP contribution in [0.3, 0.4) is 0 Å². The number of alkyl halides is 1. The molecule has 0 aliphatic carbocycles. The minimum absolute atomic E-state index is 0.144. The fraction of sp³-hybridized carbons (Fsp3) is 0.412. The highest BCUT2D eigenvalue weighted by Crippen LogP contribution is 2.55. The lowest BCUT2D eigenvalue weighted by molar-refractivity contribution is -0.179. The molecule has 0 radical (unpaired) electrons. The van der Waals surface area contributed by atoms with E-state index in [4.69, 9.17) is 29.9 Å². The number of nitrogens with zero attached hydrogens (tertiary/aromatic N) is 1. The maximum Gasteiger partial charge on any atom is 0.530 e. The van der Waals surface area contributed by atoms with E-state index in [2.05, 4.69) is 0 Å². The molecule has 1 fully saturated rings. The molecule has 31 heavy (non-hydrogen) atoms. The molecule has 3 N–H and O–H groups in total. The molecule has 11 nitrogen and oxygen atoms in total. The second-order valence-corrected chi connectivity index (χ2v) is 9.01. The van der Waals surface area contributed by atoms with Crippen LogP contribution in [0.2, 0.25) is 5.02 Å². The zero-order valence-corrected chi connectivity index (χ0v) is 17.3. The summed E-state index contributed by atoms with van der Waals surface area (Å²) >= 11 is 5.87. The van der Waals surface area contributed by atoms with Gasteiger partial charge in [-0.05, 0) is 18.2 Å². The molecule has 2 aromatic rings. The van der Waals surface area contributed by atoms with Crippen LogP contribution in [0.5, 0.6) is 5.75 Å². The highest BCUT2D eigenvalue weighted by Gasteiger charge is 2.50. The number of phosphoric ester groups is 1. The van der Waals surface area contributed by atoms with Gasteiger partial charge in [-0.25, -0.2) is 13.8 Å². The number of hydrogen-bond acceptors (Lipinski definition) is 9. The Labute approximate surface area is 178 Å². The molecule has 0 saturated carbocycles. The van der Waals surface area contributed by atoms with Crippen molar-refractivity contribution in [1.29, 1.82) is 0 Å². The first kappa shape index (κ1) is 22.2. The molecular formula is C17H17ClFN2O9P. The number of benzene rings is 1. The van der Waals surface area contributed by atoms with Crippen LogP contribution in [0, 0.1) is 0 Å². The van der Waals surface area contributed by atoms with Crippen LogP contribution in [-0.4, -0.2) is 38.3 Å². The third-order valence-electron chi connectivity index (χ3n) is 4.71. The molecule has 2 aliphatic heterocycles. The van der Waals surface area contributed by atoms with E-state index < -0.39 is 56.9 Å². The summed E-state index contributed by atoms with van der Waals surface area (Å²) < 4.78 is 49.1. The molecule has 4 rings (SSSR count). The maximum absolute atomic E-state index is 15.2. The standard InChI is InChI=1S/C17H17ClFN2O9P/c18-11-1-2-13-9(3-11)7-27-31(26,30-13)28-8-17(19)4-12(23)15(29-17)21-5-10(6-22)14(24)20-16(21)25/h1-3,5,12,15,22-23H,4,6-8H2,(H,20,24,25)/t12-,15-,17+,31?/m1/s1. The topological polar surface area (TPSA) is 149 Å². The first-order valence-electron chi connectivity index (χ1n) is 8.98. The molecule has 1 unspecified atom stereocenters. The van der Waals surface area contributed by atoms with Crippen LogP contribution in [0.15, 0.2) is 34.0 Å². The smallest absolute Gasteiger partial charge is 0.404 e. The van der Waals surface area contributed by atoms with Crippen molar-refractivity contribution in [3.05, 3.63) is 61.4 Å². The molecule has 4 atom stereocenters. The normalized spacial score (nSPS) is 30.1. The lowest BCUT2D eigenvalue weighted by Gasteiger charge is -2.27. The SMILES string of the molecule is O=c1[nH]c(=O)n([C@@H]2O[C@](F)(COP3(=O)OCc4cc(Cl)ccc4O3)C[C@H]2O)cc1CO. The van der Waals surface area contributed by atoms with E-state index in [0.29, 0.717) is 10.6 Å². The van der Waals surface area contributed by atoms with Gasteiger partial charge in [-0.2, -0.15) is 0 Å². The minimum Gasteiger partial charge on any atom is -0.404 e. The number of halogens is 2. The summed E-state index contributed by atoms with van der Waals surface area (Å²) in [6.07, 6.45) is -2.72. The number of aromatic nitrogens is 2. The summed E-state index contributed by atoms with van der Waals surface area (Å²) in [5.74, 6) is -2.45. The van der Waals surface area contributed by atoms with E-state index >= 15 is 4.39 Å². The van der Waals surface area contributed by atoms with Crippen molar-refractivity contribution >= 4 is 19.4 Å². The van der Waals surface area contributed by atoms with Gasteiger partial charge in [-0.3, -0.25) is 23.4 Å². The van der Waals surface area contributed by atoms with E-state index in [0.717, 1.165) is 10.8 Å². The van der Waals surface area contributed by atoms with Gasteiger partial charge in [0.15, 0.2) is 6.23 Å². The van der Waals surface area contributed by atoms with Crippen molar-refractivity contribution in [1.82, 2.24) is 9.55 Å². The Balaban J connectivity index is 1.48.